The summed E-state index contributed by atoms with van der Waals surface area (Å²) in [4.78, 5) is 23.7. The standard InChI is InChI=1S/C12H7F3N4O3/c13-7-4-17-11(15)10(14)9(7)6-3-5(19(21)22)1-2-8(6)18-12(16)20/h1-4H,(H3,16,18,20). The highest BCUT2D eigenvalue weighted by atomic mass is 19.2. The third-order valence-corrected chi connectivity index (χ3v) is 2.67. The van der Waals surface area contributed by atoms with Crippen molar-refractivity contribution in [1.29, 1.82) is 0 Å². The Hall–Kier alpha value is -3.17. The smallest absolute Gasteiger partial charge is 0.316 e. The second kappa shape index (κ2) is 5.68. The van der Waals surface area contributed by atoms with Crippen LogP contribution in [0, 0.1) is 27.7 Å². The number of benzene rings is 1. The molecule has 0 saturated heterocycles. The number of anilines is 1. The van der Waals surface area contributed by atoms with Crippen molar-refractivity contribution in [3.05, 3.63) is 52.1 Å². The van der Waals surface area contributed by atoms with Gasteiger partial charge in [0.2, 0.25) is 5.95 Å². The molecule has 114 valence electrons. The van der Waals surface area contributed by atoms with E-state index in [1.54, 1.807) is 0 Å². The normalized spacial score (nSPS) is 10.3. The molecule has 7 nitrogen and oxygen atoms in total. The summed E-state index contributed by atoms with van der Waals surface area (Å²) in [6.45, 7) is 0. The van der Waals surface area contributed by atoms with Gasteiger partial charge in [0.15, 0.2) is 11.6 Å². The van der Waals surface area contributed by atoms with Crippen molar-refractivity contribution < 1.29 is 22.9 Å². The number of primary amides is 1. The number of urea groups is 1. The first kappa shape index (κ1) is 15.2. The van der Waals surface area contributed by atoms with Crippen LogP contribution in [0.2, 0.25) is 0 Å². The fourth-order valence-corrected chi connectivity index (χ4v) is 1.78. The number of carbonyl (C=O) groups is 1. The van der Waals surface area contributed by atoms with Gasteiger partial charge in [-0.25, -0.2) is 18.6 Å². The lowest BCUT2D eigenvalue weighted by Crippen LogP contribution is -2.20. The molecule has 0 bridgehead atoms. The zero-order valence-electron chi connectivity index (χ0n) is 10.6. The molecule has 0 spiro atoms. The van der Waals surface area contributed by atoms with Crippen molar-refractivity contribution in [3.8, 4) is 11.1 Å². The summed E-state index contributed by atoms with van der Waals surface area (Å²) in [5.74, 6) is -4.49. The van der Waals surface area contributed by atoms with Gasteiger partial charge in [0.1, 0.15) is 0 Å². The number of rotatable bonds is 3. The Labute approximate surface area is 120 Å². The van der Waals surface area contributed by atoms with Crippen LogP contribution in [-0.4, -0.2) is 15.9 Å². The van der Waals surface area contributed by atoms with Gasteiger partial charge in [0.25, 0.3) is 5.69 Å². The van der Waals surface area contributed by atoms with Gasteiger partial charge in [-0.3, -0.25) is 10.1 Å². The fraction of sp³-hybridized carbons (Fsp3) is 0. The number of hydrogen-bond donors (Lipinski definition) is 2. The van der Waals surface area contributed by atoms with Gasteiger partial charge >= 0.3 is 6.03 Å². The molecule has 0 radical (unpaired) electrons. The van der Waals surface area contributed by atoms with Crippen LogP contribution in [0.25, 0.3) is 11.1 Å². The molecule has 1 aromatic heterocycles. The number of nitro benzene ring substituents is 1. The largest absolute Gasteiger partial charge is 0.351 e. The lowest BCUT2D eigenvalue weighted by atomic mass is 10.0. The number of nitrogens with two attached hydrogens (primary N) is 1. The summed E-state index contributed by atoms with van der Waals surface area (Å²) in [5.41, 5.74) is 2.84. The van der Waals surface area contributed by atoms with E-state index in [1.807, 2.05) is 0 Å². The molecule has 10 heteroatoms. The van der Waals surface area contributed by atoms with E-state index in [0.717, 1.165) is 18.2 Å². The number of halogens is 3. The van der Waals surface area contributed by atoms with E-state index in [2.05, 4.69) is 10.3 Å². The van der Waals surface area contributed by atoms with Crippen molar-refractivity contribution in [2.75, 3.05) is 5.32 Å². The molecule has 0 fully saturated rings. The molecule has 2 aromatic rings. The quantitative estimate of drug-likeness (QED) is 0.515. The van der Waals surface area contributed by atoms with Crippen molar-refractivity contribution in [3.63, 3.8) is 0 Å². The van der Waals surface area contributed by atoms with Crippen LogP contribution in [0.4, 0.5) is 29.3 Å². The molecule has 0 aliphatic heterocycles. The number of aromatic nitrogens is 1. The molecule has 2 amide bonds. The molecular weight excluding hydrogens is 305 g/mol. The zero-order chi connectivity index (χ0) is 16.4. The first-order valence-electron chi connectivity index (χ1n) is 5.66. The third-order valence-electron chi connectivity index (χ3n) is 2.67. The molecule has 1 aromatic carbocycles. The average molecular weight is 312 g/mol. The number of nitrogens with one attached hydrogen (secondary N) is 1. The van der Waals surface area contributed by atoms with Crippen molar-refractivity contribution in [2.45, 2.75) is 0 Å². The Morgan fingerprint density at radius 3 is 2.59 bits per heavy atom. The van der Waals surface area contributed by atoms with E-state index in [4.69, 9.17) is 5.73 Å². The monoisotopic (exact) mass is 312 g/mol. The van der Waals surface area contributed by atoms with Gasteiger partial charge in [-0.05, 0) is 6.07 Å². The van der Waals surface area contributed by atoms with E-state index in [-0.39, 0.29) is 5.69 Å². The van der Waals surface area contributed by atoms with Crippen LogP contribution in [0.5, 0.6) is 0 Å². The van der Waals surface area contributed by atoms with E-state index in [0.29, 0.717) is 6.20 Å². The van der Waals surface area contributed by atoms with Crippen LogP contribution in [-0.2, 0) is 0 Å². The molecule has 0 saturated carbocycles. The molecule has 0 aliphatic rings. The van der Waals surface area contributed by atoms with Gasteiger partial charge in [0.05, 0.1) is 22.4 Å². The Kier molecular flexibility index (Phi) is 3.93. The zero-order valence-corrected chi connectivity index (χ0v) is 10.6. The van der Waals surface area contributed by atoms with Crippen molar-refractivity contribution in [1.82, 2.24) is 4.98 Å². The predicted octanol–water partition coefficient (Wildman–Crippen LogP) is 2.56. The Balaban J connectivity index is 2.76. The number of non-ortho nitro benzene ring substituents is 1. The average Bonchev–Trinajstić information content (AvgIpc) is 2.44. The molecule has 2 rings (SSSR count). The Morgan fingerprint density at radius 1 is 1.32 bits per heavy atom. The molecule has 1 heterocycles. The topological polar surface area (TPSA) is 111 Å². The van der Waals surface area contributed by atoms with Crippen LogP contribution < -0.4 is 11.1 Å². The Bertz CT molecular complexity index is 782. The third kappa shape index (κ3) is 2.80. The number of pyridine rings is 1. The van der Waals surface area contributed by atoms with Crippen molar-refractivity contribution >= 4 is 17.4 Å². The summed E-state index contributed by atoms with van der Waals surface area (Å²) < 4.78 is 40.8. The van der Waals surface area contributed by atoms with Gasteiger partial charge in [0, 0.05) is 17.7 Å². The highest BCUT2D eigenvalue weighted by Crippen LogP contribution is 2.35. The van der Waals surface area contributed by atoms with E-state index in [9.17, 15) is 28.1 Å². The SMILES string of the molecule is NC(=O)Nc1ccc([N+](=O)[O-])cc1-c1c(F)cnc(F)c1F. The highest BCUT2D eigenvalue weighted by molar-refractivity contribution is 5.94. The number of nitro groups is 1. The minimum Gasteiger partial charge on any atom is -0.351 e. The molecule has 22 heavy (non-hydrogen) atoms. The van der Waals surface area contributed by atoms with Crippen LogP contribution >= 0.6 is 0 Å². The van der Waals surface area contributed by atoms with Gasteiger partial charge in [-0.15, -0.1) is 0 Å². The van der Waals surface area contributed by atoms with Gasteiger partial charge in [-0.1, -0.05) is 0 Å². The molecule has 0 atom stereocenters. The first-order chi connectivity index (χ1) is 10.3. The van der Waals surface area contributed by atoms with Crippen LogP contribution in [0.3, 0.4) is 0 Å². The summed E-state index contributed by atoms with van der Waals surface area (Å²) in [5, 5.41) is 12.8. The summed E-state index contributed by atoms with van der Waals surface area (Å²) >= 11 is 0. The fourth-order valence-electron chi connectivity index (χ4n) is 1.78. The summed E-state index contributed by atoms with van der Waals surface area (Å²) in [6.07, 6.45) is 0.417. The minimum atomic E-state index is -1.65. The molecule has 0 unspecified atom stereocenters. The molecule has 0 aliphatic carbocycles. The molecular formula is C12H7F3N4O3. The highest BCUT2D eigenvalue weighted by Gasteiger charge is 2.22. The maximum atomic E-state index is 13.8. The second-order valence-corrected chi connectivity index (χ2v) is 4.06. The lowest BCUT2D eigenvalue weighted by Gasteiger charge is -2.11. The first-order valence-corrected chi connectivity index (χ1v) is 5.66. The predicted molar refractivity (Wildman–Crippen MR) is 69.4 cm³/mol. The van der Waals surface area contributed by atoms with E-state index >= 15 is 0 Å². The van der Waals surface area contributed by atoms with E-state index in [1.165, 1.54) is 0 Å². The summed E-state index contributed by atoms with van der Waals surface area (Å²) in [6, 6.07) is 1.73. The van der Waals surface area contributed by atoms with Gasteiger partial charge in [-0.2, -0.15) is 4.39 Å². The number of hydrogen-bond acceptors (Lipinski definition) is 4. The maximum absolute atomic E-state index is 13.8. The number of nitrogens with zero attached hydrogens (tertiary/aromatic N) is 2. The second-order valence-electron chi connectivity index (χ2n) is 4.06. The number of carbonyl (C=O) groups excluding carboxylic acids is 1. The van der Waals surface area contributed by atoms with Gasteiger partial charge < -0.3 is 11.1 Å². The van der Waals surface area contributed by atoms with Crippen LogP contribution in [0.15, 0.2) is 24.4 Å². The van der Waals surface area contributed by atoms with E-state index < -0.39 is 45.4 Å². The molecule has 3 N–H and O–H groups in total. The number of amides is 2. The minimum absolute atomic E-state index is 0.221. The summed E-state index contributed by atoms with van der Waals surface area (Å²) in [7, 11) is 0. The Morgan fingerprint density at radius 2 is 2.00 bits per heavy atom. The van der Waals surface area contributed by atoms with Crippen LogP contribution in [0.1, 0.15) is 0 Å². The van der Waals surface area contributed by atoms with Crippen molar-refractivity contribution in [2.24, 2.45) is 5.73 Å². The lowest BCUT2D eigenvalue weighted by molar-refractivity contribution is -0.384. The maximum Gasteiger partial charge on any atom is 0.316 e.